The van der Waals surface area contributed by atoms with Crippen LogP contribution in [0, 0.1) is 12.8 Å². The van der Waals surface area contributed by atoms with E-state index in [1.807, 2.05) is 6.92 Å². The highest BCUT2D eigenvalue weighted by Crippen LogP contribution is 2.31. The van der Waals surface area contributed by atoms with Gasteiger partial charge < -0.3 is 10.4 Å². The molecular formula is C8H11N3O2S. The van der Waals surface area contributed by atoms with Crippen LogP contribution in [-0.2, 0) is 4.79 Å². The van der Waals surface area contributed by atoms with Crippen molar-refractivity contribution >= 4 is 17.5 Å². The highest BCUT2D eigenvalue weighted by Gasteiger charge is 2.36. The number of hydrogen-bond acceptors (Lipinski definition) is 5. The molecule has 0 radical (unpaired) electrons. The number of nitrogens with one attached hydrogen (secondary N) is 1. The van der Waals surface area contributed by atoms with Crippen molar-refractivity contribution in [3.05, 3.63) is 10.6 Å². The van der Waals surface area contributed by atoms with Crippen molar-refractivity contribution in [2.24, 2.45) is 5.92 Å². The van der Waals surface area contributed by atoms with E-state index in [0.717, 1.165) is 10.6 Å². The van der Waals surface area contributed by atoms with Gasteiger partial charge >= 0.3 is 5.97 Å². The molecule has 2 atom stereocenters. The number of nitrogens with zero attached hydrogens (tertiary/aromatic N) is 2. The molecule has 1 aliphatic rings. The first-order valence-electron chi connectivity index (χ1n) is 4.42. The van der Waals surface area contributed by atoms with Gasteiger partial charge in [-0.3, -0.25) is 4.79 Å². The first kappa shape index (κ1) is 9.54. The fourth-order valence-corrected chi connectivity index (χ4v) is 2.60. The average molecular weight is 213 g/mol. The maximum atomic E-state index is 10.9. The number of carboxylic acids is 1. The number of hydrogen-bond donors (Lipinski definition) is 2. The van der Waals surface area contributed by atoms with Crippen LogP contribution in [0.4, 0.5) is 0 Å². The lowest BCUT2D eigenvalue weighted by Crippen LogP contribution is -2.20. The zero-order chi connectivity index (χ0) is 10.1. The first-order chi connectivity index (χ1) is 6.70. The highest BCUT2D eigenvalue weighted by molar-refractivity contribution is 7.05. The summed E-state index contributed by atoms with van der Waals surface area (Å²) in [7, 11) is 0. The van der Waals surface area contributed by atoms with Crippen molar-refractivity contribution in [2.75, 3.05) is 13.1 Å². The molecule has 0 amide bonds. The predicted octanol–water partition coefficient (Wildman–Crippen LogP) is 0.234. The molecule has 1 aromatic rings. The van der Waals surface area contributed by atoms with Crippen LogP contribution < -0.4 is 5.32 Å². The second-order valence-corrected chi connectivity index (χ2v) is 4.22. The fourth-order valence-electron chi connectivity index (χ4n) is 1.79. The summed E-state index contributed by atoms with van der Waals surface area (Å²) in [6.45, 7) is 3.12. The summed E-state index contributed by atoms with van der Waals surface area (Å²) < 4.78 is 3.83. The van der Waals surface area contributed by atoms with Crippen LogP contribution in [0.2, 0.25) is 0 Å². The molecule has 2 heterocycles. The molecule has 6 heteroatoms. The molecule has 2 rings (SSSR count). The topological polar surface area (TPSA) is 75.1 Å². The summed E-state index contributed by atoms with van der Waals surface area (Å²) in [5.74, 6) is -1.05. The van der Waals surface area contributed by atoms with E-state index in [9.17, 15) is 4.79 Å². The third kappa shape index (κ3) is 1.51. The van der Waals surface area contributed by atoms with Gasteiger partial charge in [0.25, 0.3) is 0 Å². The maximum Gasteiger partial charge on any atom is 0.308 e. The van der Waals surface area contributed by atoms with Gasteiger partial charge in [0.05, 0.1) is 16.5 Å². The zero-order valence-electron chi connectivity index (χ0n) is 7.73. The molecule has 2 unspecified atom stereocenters. The first-order valence-corrected chi connectivity index (χ1v) is 5.20. The standard InChI is InChI=1S/C8H11N3O2S/c1-4-7(14-11-10-4)5-2-9-3-6(5)8(12)13/h5-6,9H,2-3H2,1H3,(H,12,13). The second kappa shape index (κ2) is 3.62. The Morgan fingerprint density at radius 3 is 3.00 bits per heavy atom. The summed E-state index contributed by atoms with van der Waals surface area (Å²) in [4.78, 5) is 11.9. The number of rotatable bonds is 2. The Labute approximate surface area is 85.3 Å². The molecule has 14 heavy (non-hydrogen) atoms. The van der Waals surface area contributed by atoms with Crippen LogP contribution >= 0.6 is 11.5 Å². The van der Waals surface area contributed by atoms with Crippen molar-refractivity contribution in [1.29, 1.82) is 0 Å². The molecule has 5 nitrogen and oxygen atoms in total. The normalized spacial score (nSPS) is 26.6. The van der Waals surface area contributed by atoms with Gasteiger partial charge in [-0.15, -0.1) is 5.10 Å². The van der Waals surface area contributed by atoms with Crippen LogP contribution in [0.3, 0.4) is 0 Å². The number of aryl methyl sites for hydroxylation is 1. The van der Waals surface area contributed by atoms with Crippen molar-refractivity contribution in [2.45, 2.75) is 12.8 Å². The molecule has 1 aromatic heterocycles. The summed E-state index contributed by atoms with van der Waals surface area (Å²) in [6.07, 6.45) is 0. The smallest absolute Gasteiger partial charge is 0.308 e. The van der Waals surface area contributed by atoms with Crippen LogP contribution in [0.1, 0.15) is 16.5 Å². The van der Waals surface area contributed by atoms with Gasteiger partial charge in [0, 0.05) is 19.0 Å². The molecule has 2 N–H and O–H groups in total. The molecule has 0 spiro atoms. The summed E-state index contributed by atoms with van der Waals surface area (Å²) >= 11 is 1.30. The Morgan fingerprint density at radius 2 is 2.43 bits per heavy atom. The third-order valence-electron chi connectivity index (χ3n) is 2.55. The Bertz CT molecular complexity index is 352. The molecule has 1 saturated heterocycles. The van der Waals surface area contributed by atoms with Gasteiger partial charge in [-0.1, -0.05) is 4.49 Å². The predicted molar refractivity (Wildman–Crippen MR) is 51.4 cm³/mol. The molecule has 1 fully saturated rings. The lowest BCUT2D eigenvalue weighted by Gasteiger charge is -2.11. The number of aliphatic carboxylic acids is 1. The van der Waals surface area contributed by atoms with E-state index in [-0.39, 0.29) is 11.8 Å². The minimum atomic E-state index is -0.743. The quantitative estimate of drug-likeness (QED) is 0.735. The Balaban J connectivity index is 2.26. The summed E-state index contributed by atoms with van der Waals surface area (Å²) in [5, 5.41) is 16.0. The van der Waals surface area contributed by atoms with Crippen LogP contribution in [-0.4, -0.2) is 33.8 Å². The van der Waals surface area contributed by atoms with E-state index in [4.69, 9.17) is 5.11 Å². The van der Waals surface area contributed by atoms with E-state index < -0.39 is 5.97 Å². The monoisotopic (exact) mass is 213 g/mol. The maximum absolute atomic E-state index is 10.9. The molecule has 1 aliphatic heterocycles. The third-order valence-corrected chi connectivity index (χ3v) is 3.51. The Morgan fingerprint density at radius 1 is 1.64 bits per heavy atom. The minimum absolute atomic E-state index is 0.0347. The fraction of sp³-hybridized carbons (Fsp3) is 0.625. The molecule has 0 saturated carbocycles. The van der Waals surface area contributed by atoms with E-state index in [0.29, 0.717) is 13.1 Å². The SMILES string of the molecule is Cc1nnsc1C1CNCC1C(=O)O. The van der Waals surface area contributed by atoms with Crippen molar-refractivity contribution < 1.29 is 9.90 Å². The molecular weight excluding hydrogens is 202 g/mol. The minimum Gasteiger partial charge on any atom is -0.481 e. The van der Waals surface area contributed by atoms with Gasteiger partial charge in [-0.05, 0) is 18.5 Å². The molecule has 76 valence electrons. The van der Waals surface area contributed by atoms with Crippen LogP contribution in [0.25, 0.3) is 0 Å². The molecule has 0 bridgehead atoms. The number of carboxylic acid groups (broad SMARTS) is 1. The van der Waals surface area contributed by atoms with E-state index in [2.05, 4.69) is 14.9 Å². The number of carbonyl (C=O) groups is 1. The lowest BCUT2D eigenvalue weighted by atomic mass is 9.94. The van der Waals surface area contributed by atoms with Gasteiger partial charge in [0.1, 0.15) is 0 Å². The van der Waals surface area contributed by atoms with Gasteiger partial charge in [0.2, 0.25) is 0 Å². The summed E-state index contributed by atoms with van der Waals surface area (Å²) in [5.41, 5.74) is 0.856. The van der Waals surface area contributed by atoms with Crippen molar-refractivity contribution in [1.82, 2.24) is 14.9 Å². The van der Waals surface area contributed by atoms with Crippen LogP contribution in [0.15, 0.2) is 0 Å². The Hall–Kier alpha value is -1.01. The molecule has 0 aliphatic carbocycles. The number of aromatic nitrogens is 2. The molecule has 0 aromatic carbocycles. The zero-order valence-corrected chi connectivity index (χ0v) is 8.54. The largest absolute Gasteiger partial charge is 0.481 e. The average Bonchev–Trinajstić information content (AvgIpc) is 2.70. The van der Waals surface area contributed by atoms with Crippen molar-refractivity contribution in [3.63, 3.8) is 0 Å². The van der Waals surface area contributed by atoms with Gasteiger partial charge in [-0.2, -0.15) is 0 Å². The van der Waals surface area contributed by atoms with Crippen LogP contribution in [0.5, 0.6) is 0 Å². The van der Waals surface area contributed by atoms with E-state index >= 15 is 0 Å². The van der Waals surface area contributed by atoms with Crippen molar-refractivity contribution in [3.8, 4) is 0 Å². The second-order valence-electron chi connectivity index (χ2n) is 3.43. The summed E-state index contributed by atoms with van der Waals surface area (Å²) in [6, 6.07) is 0. The van der Waals surface area contributed by atoms with Gasteiger partial charge in [-0.25, -0.2) is 0 Å². The highest BCUT2D eigenvalue weighted by atomic mass is 32.1. The lowest BCUT2D eigenvalue weighted by molar-refractivity contribution is -0.141. The van der Waals surface area contributed by atoms with Gasteiger partial charge in [0.15, 0.2) is 0 Å². The van der Waals surface area contributed by atoms with E-state index in [1.165, 1.54) is 11.5 Å². The van der Waals surface area contributed by atoms with E-state index in [1.54, 1.807) is 0 Å². The Kier molecular flexibility index (Phi) is 2.47.